The zero-order valence-corrected chi connectivity index (χ0v) is 12.5. The van der Waals surface area contributed by atoms with Crippen LogP contribution in [0.3, 0.4) is 0 Å². The van der Waals surface area contributed by atoms with Crippen LogP contribution in [0.4, 0.5) is 5.13 Å². The predicted molar refractivity (Wildman–Crippen MR) is 77.4 cm³/mol. The SMILES string of the molecule is CCCC1(C(=O)Nc2nnc(CC)s2)CCCNC1. The van der Waals surface area contributed by atoms with Gasteiger partial charge in [0.1, 0.15) is 5.01 Å². The van der Waals surface area contributed by atoms with E-state index in [0.29, 0.717) is 5.13 Å². The van der Waals surface area contributed by atoms with Crippen LogP contribution in [0.15, 0.2) is 0 Å². The maximum atomic E-state index is 12.6. The van der Waals surface area contributed by atoms with E-state index in [9.17, 15) is 4.79 Å². The Bertz CT molecular complexity index is 421. The minimum atomic E-state index is -0.273. The van der Waals surface area contributed by atoms with E-state index in [0.717, 1.165) is 50.2 Å². The van der Waals surface area contributed by atoms with Gasteiger partial charge in [-0.1, -0.05) is 31.6 Å². The number of aromatic nitrogens is 2. The zero-order valence-electron chi connectivity index (χ0n) is 11.7. The van der Waals surface area contributed by atoms with Crippen molar-refractivity contribution in [2.75, 3.05) is 18.4 Å². The molecule has 19 heavy (non-hydrogen) atoms. The van der Waals surface area contributed by atoms with Gasteiger partial charge in [0, 0.05) is 6.54 Å². The van der Waals surface area contributed by atoms with E-state index in [4.69, 9.17) is 0 Å². The number of nitrogens with one attached hydrogen (secondary N) is 2. The second kappa shape index (κ2) is 6.43. The Labute approximate surface area is 118 Å². The molecule has 0 aromatic carbocycles. The first-order valence-corrected chi connectivity index (χ1v) is 7.86. The summed E-state index contributed by atoms with van der Waals surface area (Å²) in [5.41, 5.74) is -0.273. The van der Waals surface area contributed by atoms with Crippen LogP contribution in [0, 0.1) is 5.41 Å². The number of carbonyl (C=O) groups is 1. The maximum Gasteiger partial charge on any atom is 0.233 e. The van der Waals surface area contributed by atoms with Crippen LogP contribution < -0.4 is 10.6 Å². The van der Waals surface area contributed by atoms with Crippen molar-refractivity contribution in [1.29, 1.82) is 0 Å². The van der Waals surface area contributed by atoms with Crippen molar-refractivity contribution in [2.45, 2.75) is 46.0 Å². The molecule has 1 aromatic rings. The third-order valence-corrected chi connectivity index (χ3v) is 4.66. The lowest BCUT2D eigenvalue weighted by atomic mass is 9.76. The van der Waals surface area contributed by atoms with E-state index in [-0.39, 0.29) is 11.3 Å². The standard InChI is InChI=1S/C13H22N4OS/c1-3-6-13(7-5-8-14-9-13)11(18)15-12-17-16-10(4-2)19-12/h14H,3-9H2,1-2H3,(H,15,17,18). The molecular weight excluding hydrogens is 260 g/mol. The summed E-state index contributed by atoms with van der Waals surface area (Å²) in [6, 6.07) is 0. The number of aryl methyl sites for hydroxylation is 1. The summed E-state index contributed by atoms with van der Waals surface area (Å²) in [7, 11) is 0. The highest BCUT2D eigenvalue weighted by Gasteiger charge is 2.39. The van der Waals surface area contributed by atoms with Gasteiger partial charge in [-0.25, -0.2) is 0 Å². The van der Waals surface area contributed by atoms with Crippen LogP contribution in [-0.4, -0.2) is 29.2 Å². The fourth-order valence-corrected chi connectivity index (χ4v) is 3.32. The summed E-state index contributed by atoms with van der Waals surface area (Å²) in [4.78, 5) is 12.6. The molecule has 1 aromatic heterocycles. The minimum Gasteiger partial charge on any atom is -0.316 e. The van der Waals surface area contributed by atoms with Crippen molar-refractivity contribution in [1.82, 2.24) is 15.5 Å². The van der Waals surface area contributed by atoms with E-state index < -0.39 is 0 Å². The van der Waals surface area contributed by atoms with Crippen molar-refractivity contribution < 1.29 is 4.79 Å². The Kier molecular flexibility index (Phi) is 4.87. The van der Waals surface area contributed by atoms with Gasteiger partial charge in [-0.15, -0.1) is 10.2 Å². The molecule has 1 aliphatic rings. The Morgan fingerprint density at radius 1 is 1.47 bits per heavy atom. The van der Waals surface area contributed by atoms with Crippen LogP contribution in [0.25, 0.3) is 0 Å². The topological polar surface area (TPSA) is 66.9 Å². The van der Waals surface area contributed by atoms with Crippen LogP contribution in [0.5, 0.6) is 0 Å². The van der Waals surface area contributed by atoms with Gasteiger partial charge in [0.15, 0.2) is 0 Å². The number of rotatable bonds is 5. The van der Waals surface area contributed by atoms with Gasteiger partial charge < -0.3 is 5.32 Å². The fourth-order valence-electron chi connectivity index (χ4n) is 2.64. The smallest absolute Gasteiger partial charge is 0.233 e. The second-order valence-electron chi connectivity index (χ2n) is 5.12. The molecule has 5 nitrogen and oxygen atoms in total. The lowest BCUT2D eigenvalue weighted by Crippen LogP contribution is -2.48. The number of carbonyl (C=O) groups excluding carboxylic acids is 1. The summed E-state index contributed by atoms with van der Waals surface area (Å²) in [5.74, 6) is 0.0975. The molecule has 0 spiro atoms. The largest absolute Gasteiger partial charge is 0.316 e. The summed E-state index contributed by atoms with van der Waals surface area (Å²) >= 11 is 1.47. The summed E-state index contributed by atoms with van der Waals surface area (Å²) < 4.78 is 0. The first-order valence-electron chi connectivity index (χ1n) is 7.05. The number of hydrogen-bond donors (Lipinski definition) is 2. The fraction of sp³-hybridized carbons (Fsp3) is 0.769. The molecule has 0 bridgehead atoms. The summed E-state index contributed by atoms with van der Waals surface area (Å²) in [6.45, 7) is 5.95. The van der Waals surface area contributed by atoms with Crippen LogP contribution in [-0.2, 0) is 11.2 Å². The lowest BCUT2D eigenvalue weighted by molar-refractivity contribution is -0.127. The Balaban J connectivity index is 2.06. The molecule has 2 heterocycles. The van der Waals surface area contributed by atoms with E-state index in [1.165, 1.54) is 11.3 Å². The van der Waals surface area contributed by atoms with Gasteiger partial charge in [-0.05, 0) is 32.2 Å². The average molecular weight is 282 g/mol. The van der Waals surface area contributed by atoms with Gasteiger partial charge in [0.2, 0.25) is 11.0 Å². The molecule has 6 heteroatoms. The maximum absolute atomic E-state index is 12.6. The third kappa shape index (κ3) is 3.30. The molecule has 0 saturated carbocycles. The predicted octanol–water partition coefficient (Wildman–Crippen LogP) is 2.21. The zero-order chi connectivity index (χ0) is 13.7. The molecule has 2 N–H and O–H groups in total. The monoisotopic (exact) mass is 282 g/mol. The molecule has 106 valence electrons. The highest BCUT2D eigenvalue weighted by atomic mass is 32.1. The molecule has 1 unspecified atom stereocenters. The van der Waals surface area contributed by atoms with Crippen LogP contribution in [0.2, 0.25) is 0 Å². The first-order chi connectivity index (χ1) is 9.20. The molecule has 0 aliphatic carbocycles. The van der Waals surface area contributed by atoms with Crippen LogP contribution >= 0.6 is 11.3 Å². The number of anilines is 1. The van der Waals surface area contributed by atoms with Crippen molar-refractivity contribution in [3.8, 4) is 0 Å². The van der Waals surface area contributed by atoms with E-state index in [2.05, 4.69) is 27.8 Å². The van der Waals surface area contributed by atoms with Crippen molar-refractivity contribution in [2.24, 2.45) is 5.41 Å². The molecule has 2 rings (SSSR count). The summed E-state index contributed by atoms with van der Waals surface area (Å²) in [5, 5.41) is 16.0. The van der Waals surface area contributed by atoms with Crippen molar-refractivity contribution in [3.63, 3.8) is 0 Å². The van der Waals surface area contributed by atoms with Gasteiger partial charge in [0.05, 0.1) is 5.41 Å². The number of piperidine rings is 1. The number of nitrogens with zero attached hydrogens (tertiary/aromatic N) is 2. The van der Waals surface area contributed by atoms with Gasteiger partial charge in [-0.3, -0.25) is 10.1 Å². The molecule has 1 atom stereocenters. The van der Waals surface area contributed by atoms with Gasteiger partial charge in [-0.2, -0.15) is 0 Å². The Morgan fingerprint density at radius 3 is 2.89 bits per heavy atom. The molecule has 1 saturated heterocycles. The number of amides is 1. The number of hydrogen-bond acceptors (Lipinski definition) is 5. The van der Waals surface area contributed by atoms with E-state index in [1.807, 2.05) is 6.92 Å². The quantitative estimate of drug-likeness (QED) is 0.869. The third-order valence-electron chi connectivity index (χ3n) is 3.67. The lowest BCUT2D eigenvalue weighted by Gasteiger charge is -2.35. The second-order valence-corrected chi connectivity index (χ2v) is 6.18. The summed E-state index contributed by atoms with van der Waals surface area (Å²) in [6.07, 6.45) is 4.81. The normalized spacial score (nSPS) is 23.3. The van der Waals surface area contributed by atoms with Gasteiger partial charge in [0.25, 0.3) is 0 Å². The van der Waals surface area contributed by atoms with E-state index in [1.54, 1.807) is 0 Å². The van der Waals surface area contributed by atoms with Crippen molar-refractivity contribution in [3.05, 3.63) is 5.01 Å². The van der Waals surface area contributed by atoms with Gasteiger partial charge >= 0.3 is 0 Å². The molecule has 0 radical (unpaired) electrons. The van der Waals surface area contributed by atoms with Crippen LogP contribution in [0.1, 0.15) is 44.5 Å². The molecule has 1 amide bonds. The minimum absolute atomic E-state index is 0.0975. The average Bonchev–Trinajstić information content (AvgIpc) is 2.88. The Morgan fingerprint density at radius 2 is 2.32 bits per heavy atom. The van der Waals surface area contributed by atoms with E-state index >= 15 is 0 Å². The molecule has 1 fully saturated rings. The Hall–Kier alpha value is -1.01. The highest BCUT2D eigenvalue weighted by molar-refractivity contribution is 7.15. The van der Waals surface area contributed by atoms with Crippen molar-refractivity contribution >= 4 is 22.4 Å². The highest BCUT2D eigenvalue weighted by Crippen LogP contribution is 2.33. The first kappa shape index (κ1) is 14.4. The molecular formula is C13H22N4OS. The molecule has 1 aliphatic heterocycles.